The monoisotopic (exact) mass is 330 g/mol. The Bertz CT molecular complexity index is 615. The average molecular weight is 330 g/mol. The maximum Gasteiger partial charge on any atom is 0.573 e. The van der Waals surface area contributed by atoms with Crippen LogP contribution < -0.4 is 15.4 Å². The van der Waals surface area contributed by atoms with Crippen LogP contribution in [0, 0.1) is 0 Å². The van der Waals surface area contributed by atoms with E-state index < -0.39 is 18.1 Å². The van der Waals surface area contributed by atoms with E-state index in [0.29, 0.717) is 13.0 Å². The molecule has 0 unspecified atom stereocenters. The Hall–Kier alpha value is -2.22. The molecule has 2 amide bonds. The molecule has 22 heavy (non-hydrogen) atoms. The molecule has 0 aliphatic heterocycles. The van der Waals surface area contributed by atoms with Gasteiger partial charge < -0.3 is 15.4 Å². The topological polar surface area (TPSA) is 50.4 Å². The summed E-state index contributed by atoms with van der Waals surface area (Å²) in [6.07, 6.45) is -4.15. The first-order valence-electron chi connectivity index (χ1n) is 6.36. The molecule has 0 fully saturated rings. The van der Waals surface area contributed by atoms with Crippen molar-refractivity contribution in [2.45, 2.75) is 12.8 Å². The number of rotatable bonds is 5. The van der Waals surface area contributed by atoms with Crippen LogP contribution in [0.5, 0.6) is 5.75 Å². The molecule has 1 aromatic carbocycles. The third-order valence-corrected chi connectivity index (χ3v) is 3.53. The first kappa shape index (κ1) is 16.2. The standard InChI is InChI=1S/C14H13F3N2O2S/c15-14(16,17)21-12-6-2-1-5-11(12)19-13(20)18-8-7-10-4-3-9-22-10/h1-6,9H,7-8H2,(H2,18,19,20). The molecule has 2 aromatic rings. The zero-order chi connectivity index (χ0) is 16.0. The van der Waals surface area contributed by atoms with Gasteiger partial charge in [-0.25, -0.2) is 4.79 Å². The fourth-order valence-electron chi connectivity index (χ4n) is 1.70. The van der Waals surface area contributed by atoms with Crippen molar-refractivity contribution in [3.63, 3.8) is 0 Å². The van der Waals surface area contributed by atoms with Crippen LogP contribution >= 0.6 is 11.3 Å². The van der Waals surface area contributed by atoms with Crippen molar-refractivity contribution >= 4 is 23.1 Å². The molecule has 8 heteroatoms. The number of urea groups is 1. The number of hydrogen-bond donors (Lipinski definition) is 2. The summed E-state index contributed by atoms with van der Waals surface area (Å²) in [5, 5.41) is 6.85. The van der Waals surface area contributed by atoms with Gasteiger partial charge in [-0.2, -0.15) is 0 Å². The van der Waals surface area contributed by atoms with Gasteiger partial charge in [0.2, 0.25) is 0 Å². The van der Waals surface area contributed by atoms with Gasteiger partial charge in [-0.15, -0.1) is 24.5 Å². The molecule has 0 atom stereocenters. The number of carbonyl (C=O) groups excluding carboxylic acids is 1. The Morgan fingerprint density at radius 2 is 1.95 bits per heavy atom. The molecule has 0 radical (unpaired) electrons. The van der Waals surface area contributed by atoms with Crippen molar-refractivity contribution in [2.75, 3.05) is 11.9 Å². The molecule has 0 spiro atoms. The number of anilines is 1. The van der Waals surface area contributed by atoms with Gasteiger partial charge in [0.1, 0.15) is 0 Å². The largest absolute Gasteiger partial charge is 0.573 e. The third-order valence-electron chi connectivity index (χ3n) is 2.60. The molecule has 0 saturated carbocycles. The second-order valence-corrected chi connectivity index (χ2v) is 5.29. The van der Waals surface area contributed by atoms with Gasteiger partial charge in [-0.3, -0.25) is 0 Å². The van der Waals surface area contributed by atoms with Gasteiger partial charge >= 0.3 is 12.4 Å². The first-order valence-corrected chi connectivity index (χ1v) is 7.24. The fourth-order valence-corrected chi connectivity index (χ4v) is 2.41. The number of para-hydroxylation sites is 2. The van der Waals surface area contributed by atoms with Gasteiger partial charge in [0.15, 0.2) is 5.75 Å². The molecule has 0 saturated heterocycles. The average Bonchev–Trinajstić information content (AvgIpc) is 2.92. The van der Waals surface area contributed by atoms with Crippen LogP contribution in [0.1, 0.15) is 4.88 Å². The van der Waals surface area contributed by atoms with Crippen molar-refractivity contribution < 1.29 is 22.7 Å². The molecule has 2 N–H and O–H groups in total. The van der Waals surface area contributed by atoms with E-state index in [1.54, 1.807) is 11.3 Å². The number of carbonyl (C=O) groups is 1. The van der Waals surface area contributed by atoms with Gasteiger partial charge in [0, 0.05) is 11.4 Å². The van der Waals surface area contributed by atoms with E-state index in [1.807, 2.05) is 17.5 Å². The smallest absolute Gasteiger partial charge is 0.404 e. The number of benzene rings is 1. The van der Waals surface area contributed by atoms with E-state index in [-0.39, 0.29) is 5.69 Å². The van der Waals surface area contributed by atoms with E-state index >= 15 is 0 Å². The van der Waals surface area contributed by atoms with Crippen LogP contribution in [0.4, 0.5) is 23.7 Å². The summed E-state index contributed by atoms with van der Waals surface area (Å²) in [6.45, 7) is 0.384. The highest BCUT2D eigenvalue weighted by Crippen LogP contribution is 2.29. The highest BCUT2D eigenvalue weighted by molar-refractivity contribution is 7.09. The van der Waals surface area contributed by atoms with E-state index in [4.69, 9.17) is 0 Å². The lowest BCUT2D eigenvalue weighted by molar-refractivity contribution is -0.274. The van der Waals surface area contributed by atoms with E-state index in [0.717, 1.165) is 10.9 Å². The zero-order valence-corrected chi connectivity index (χ0v) is 12.1. The Morgan fingerprint density at radius 1 is 1.18 bits per heavy atom. The number of nitrogens with one attached hydrogen (secondary N) is 2. The lowest BCUT2D eigenvalue weighted by Gasteiger charge is -2.14. The maximum atomic E-state index is 12.3. The molecule has 118 valence electrons. The van der Waals surface area contributed by atoms with Gasteiger partial charge in [0.05, 0.1) is 5.69 Å². The lowest BCUT2D eigenvalue weighted by atomic mass is 10.3. The SMILES string of the molecule is O=C(NCCc1cccs1)Nc1ccccc1OC(F)(F)F. The Balaban J connectivity index is 1.88. The summed E-state index contributed by atoms with van der Waals surface area (Å²) in [7, 11) is 0. The van der Waals surface area contributed by atoms with Crippen LogP contribution in [-0.2, 0) is 6.42 Å². The molecular formula is C14H13F3N2O2S. The highest BCUT2D eigenvalue weighted by Gasteiger charge is 2.32. The summed E-state index contributed by atoms with van der Waals surface area (Å²) >= 11 is 1.57. The molecule has 0 bridgehead atoms. The number of ether oxygens (including phenoxy) is 1. The van der Waals surface area contributed by atoms with Crippen LogP contribution in [0.2, 0.25) is 0 Å². The lowest BCUT2D eigenvalue weighted by Crippen LogP contribution is -2.30. The normalized spacial score (nSPS) is 11.0. The minimum atomic E-state index is -4.81. The van der Waals surface area contributed by atoms with Crippen LogP contribution in [0.15, 0.2) is 41.8 Å². The molecule has 0 aliphatic carbocycles. The van der Waals surface area contributed by atoms with Crippen LogP contribution in [0.25, 0.3) is 0 Å². The minimum Gasteiger partial charge on any atom is -0.404 e. The second-order valence-electron chi connectivity index (χ2n) is 4.25. The first-order chi connectivity index (χ1) is 10.4. The number of halogens is 3. The van der Waals surface area contributed by atoms with Crippen molar-refractivity contribution in [3.8, 4) is 5.75 Å². The van der Waals surface area contributed by atoms with Crippen LogP contribution in [0.3, 0.4) is 0 Å². The van der Waals surface area contributed by atoms with E-state index in [2.05, 4.69) is 15.4 Å². The highest BCUT2D eigenvalue weighted by atomic mass is 32.1. The summed E-state index contributed by atoms with van der Waals surface area (Å²) in [4.78, 5) is 12.8. The number of hydrogen-bond acceptors (Lipinski definition) is 3. The second kappa shape index (κ2) is 7.17. The Kier molecular flexibility index (Phi) is 5.26. The van der Waals surface area contributed by atoms with Crippen molar-refractivity contribution in [2.24, 2.45) is 0 Å². The molecule has 1 aromatic heterocycles. The van der Waals surface area contributed by atoms with Crippen molar-refractivity contribution in [1.29, 1.82) is 0 Å². The summed E-state index contributed by atoms with van der Waals surface area (Å²) in [5.74, 6) is -0.455. The summed E-state index contributed by atoms with van der Waals surface area (Å²) < 4.78 is 40.7. The van der Waals surface area contributed by atoms with E-state index in [9.17, 15) is 18.0 Å². The molecule has 0 aliphatic rings. The number of alkyl halides is 3. The molecular weight excluding hydrogens is 317 g/mol. The summed E-state index contributed by atoms with van der Waals surface area (Å²) in [6, 6.07) is 8.62. The Labute approximate surface area is 128 Å². The fraction of sp³-hybridized carbons (Fsp3) is 0.214. The van der Waals surface area contributed by atoms with Gasteiger partial charge in [-0.05, 0) is 30.0 Å². The third kappa shape index (κ3) is 5.28. The minimum absolute atomic E-state index is 0.0477. The molecule has 2 rings (SSSR count). The van der Waals surface area contributed by atoms with Gasteiger partial charge in [-0.1, -0.05) is 18.2 Å². The van der Waals surface area contributed by atoms with Crippen molar-refractivity contribution in [3.05, 3.63) is 46.7 Å². The van der Waals surface area contributed by atoms with Crippen LogP contribution in [-0.4, -0.2) is 18.9 Å². The maximum absolute atomic E-state index is 12.3. The number of amides is 2. The molecule has 4 nitrogen and oxygen atoms in total. The predicted molar refractivity (Wildman–Crippen MR) is 78.2 cm³/mol. The summed E-state index contributed by atoms with van der Waals surface area (Å²) in [5.41, 5.74) is -0.0477. The predicted octanol–water partition coefficient (Wildman–Crippen LogP) is 4.01. The Morgan fingerprint density at radius 3 is 2.64 bits per heavy atom. The molecule has 1 heterocycles. The zero-order valence-electron chi connectivity index (χ0n) is 11.3. The number of thiophene rings is 1. The quantitative estimate of drug-likeness (QED) is 0.870. The van der Waals surface area contributed by atoms with Crippen molar-refractivity contribution in [1.82, 2.24) is 5.32 Å². The van der Waals surface area contributed by atoms with Gasteiger partial charge in [0.25, 0.3) is 0 Å². The van der Waals surface area contributed by atoms with E-state index in [1.165, 1.54) is 18.2 Å².